The molecule has 0 saturated carbocycles. The van der Waals surface area contributed by atoms with Gasteiger partial charge in [0.05, 0.1) is 23.4 Å². The van der Waals surface area contributed by atoms with Gasteiger partial charge in [-0.05, 0) is 24.3 Å². The van der Waals surface area contributed by atoms with Gasteiger partial charge < -0.3 is 10.1 Å². The highest BCUT2D eigenvalue weighted by Gasteiger charge is 2.15. The summed E-state index contributed by atoms with van der Waals surface area (Å²) in [5.41, 5.74) is 0.657. The molecule has 2 aromatic carbocycles. The Kier molecular flexibility index (Phi) is 5.89. The van der Waals surface area contributed by atoms with E-state index in [4.69, 9.17) is 16.3 Å². The Hall–Kier alpha value is -3.72. The van der Waals surface area contributed by atoms with Gasteiger partial charge in [0.2, 0.25) is 5.91 Å². The predicted molar refractivity (Wildman–Crippen MR) is 107 cm³/mol. The van der Waals surface area contributed by atoms with Crippen LogP contribution in [0.25, 0.3) is 11.3 Å². The largest absolute Gasteiger partial charge is 0.495 e. The number of benzene rings is 2. The lowest BCUT2D eigenvalue weighted by Crippen LogP contribution is -2.29. The van der Waals surface area contributed by atoms with Crippen molar-refractivity contribution in [1.29, 1.82) is 0 Å². The first-order valence-corrected chi connectivity index (χ1v) is 8.71. The standard InChI is InChI=1S/C19H15ClN4O5/c1-29-17-8-6-14(24(27)28)10-16(17)21-18(25)11-23-19(26)9-7-15(22-23)12-2-4-13(20)5-3-12/h2-10H,11H2,1H3,(H,21,25). The van der Waals surface area contributed by atoms with E-state index in [0.717, 1.165) is 10.2 Å². The number of amides is 1. The van der Waals surface area contributed by atoms with Gasteiger partial charge in [0, 0.05) is 28.8 Å². The number of rotatable bonds is 6. The number of non-ortho nitro benzene ring substituents is 1. The molecular weight excluding hydrogens is 400 g/mol. The fourth-order valence-corrected chi connectivity index (χ4v) is 2.70. The summed E-state index contributed by atoms with van der Waals surface area (Å²) in [6.45, 7) is -0.383. The van der Waals surface area contributed by atoms with Crippen LogP contribution >= 0.6 is 11.6 Å². The first-order chi connectivity index (χ1) is 13.9. The van der Waals surface area contributed by atoms with Crippen molar-refractivity contribution in [2.45, 2.75) is 6.54 Å². The van der Waals surface area contributed by atoms with Crippen molar-refractivity contribution in [2.24, 2.45) is 0 Å². The van der Waals surface area contributed by atoms with Gasteiger partial charge in [-0.15, -0.1) is 0 Å². The van der Waals surface area contributed by atoms with Crippen molar-refractivity contribution < 1.29 is 14.5 Å². The van der Waals surface area contributed by atoms with Gasteiger partial charge in [-0.3, -0.25) is 19.7 Å². The van der Waals surface area contributed by atoms with Crippen LogP contribution in [0.3, 0.4) is 0 Å². The molecule has 0 aliphatic carbocycles. The molecule has 1 heterocycles. The molecule has 0 aliphatic rings. The number of hydrogen-bond donors (Lipinski definition) is 1. The number of anilines is 1. The highest BCUT2D eigenvalue weighted by molar-refractivity contribution is 6.30. The molecular formula is C19H15ClN4O5. The summed E-state index contributed by atoms with van der Waals surface area (Å²) in [4.78, 5) is 34.9. The maximum atomic E-state index is 12.4. The number of halogens is 1. The van der Waals surface area contributed by atoms with E-state index < -0.39 is 16.4 Å². The Morgan fingerprint density at radius 1 is 1.21 bits per heavy atom. The number of nitrogens with one attached hydrogen (secondary N) is 1. The first-order valence-electron chi connectivity index (χ1n) is 8.34. The highest BCUT2D eigenvalue weighted by atomic mass is 35.5. The molecule has 1 amide bonds. The summed E-state index contributed by atoms with van der Waals surface area (Å²) in [7, 11) is 1.37. The van der Waals surface area contributed by atoms with E-state index in [1.165, 1.54) is 31.4 Å². The summed E-state index contributed by atoms with van der Waals surface area (Å²) in [5.74, 6) is -0.342. The van der Waals surface area contributed by atoms with Crippen LogP contribution in [0.2, 0.25) is 5.02 Å². The van der Waals surface area contributed by atoms with Crippen molar-refractivity contribution in [2.75, 3.05) is 12.4 Å². The van der Waals surface area contributed by atoms with E-state index in [0.29, 0.717) is 10.7 Å². The molecule has 10 heteroatoms. The lowest BCUT2D eigenvalue weighted by Gasteiger charge is -2.11. The number of nitro groups is 1. The summed E-state index contributed by atoms with van der Waals surface area (Å²) < 4.78 is 6.11. The van der Waals surface area contributed by atoms with Crippen LogP contribution in [0.4, 0.5) is 11.4 Å². The molecule has 1 N–H and O–H groups in total. The van der Waals surface area contributed by atoms with Gasteiger partial charge in [0.25, 0.3) is 11.2 Å². The number of carbonyl (C=O) groups excluding carboxylic acids is 1. The number of carbonyl (C=O) groups is 1. The van der Waals surface area contributed by atoms with Gasteiger partial charge >= 0.3 is 0 Å². The average Bonchev–Trinajstić information content (AvgIpc) is 2.70. The SMILES string of the molecule is COc1ccc([N+](=O)[O-])cc1NC(=O)Cn1nc(-c2ccc(Cl)cc2)ccc1=O. The molecule has 0 fully saturated rings. The minimum atomic E-state index is -0.591. The minimum Gasteiger partial charge on any atom is -0.495 e. The van der Waals surface area contributed by atoms with Crippen LogP contribution < -0.4 is 15.6 Å². The van der Waals surface area contributed by atoms with Gasteiger partial charge in [-0.25, -0.2) is 4.68 Å². The topological polar surface area (TPSA) is 116 Å². The Balaban J connectivity index is 1.83. The van der Waals surface area contributed by atoms with Crippen LogP contribution in [-0.2, 0) is 11.3 Å². The van der Waals surface area contributed by atoms with Crippen molar-refractivity contribution in [3.8, 4) is 17.0 Å². The Labute approximate surface area is 169 Å². The Morgan fingerprint density at radius 2 is 1.93 bits per heavy atom. The van der Waals surface area contributed by atoms with Crippen LogP contribution in [0.1, 0.15) is 0 Å². The van der Waals surface area contributed by atoms with E-state index in [1.807, 2.05) is 0 Å². The quantitative estimate of drug-likeness (QED) is 0.489. The molecule has 0 radical (unpaired) electrons. The zero-order valence-corrected chi connectivity index (χ0v) is 15.9. The van der Waals surface area contributed by atoms with Gasteiger partial charge in [0.1, 0.15) is 12.3 Å². The minimum absolute atomic E-state index is 0.119. The lowest BCUT2D eigenvalue weighted by atomic mass is 10.1. The third-order valence-electron chi connectivity index (χ3n) is 3.97. The van der Waals surface area contributed by atoms with Crippen LogP contribution in [-0.4, -0.2) is 27.7 Å². The predicted octanol–water partition coefficient (Wildman–Crippen LogP) is 3.12. The zero-order chi connectivity index (χ0) is 21.0. The summed E-state index contributed by atoms with van der Waals surface area (Å²) in [5, 5.41) is 18.2. The number of nitrogens with zero attached hydrogens (tertiary/aromatic N) is 3. The molecule has 3 aromatic rings. The molecule has 148 valence electrons. The summed E-state index contributed by atoms with van der Waals surface area (Å²) in [6.07, 6.45) is 0. The van der Waals surface area contributed by atoms with E-state index in [2.05, 4.69) is 10.4 Å². The molecule has 0 spiro atoms. The second-order valence-electron chi connectivity index (χ2n) is 5.91. The molecule has 0 aliphatic heterocycles. The number of methoxy groups -OCH3 is 1. The average molecular weight is 415 g/mol. The van der Waals surface area contributed by atoms with E-state index in [9.17, 15) is 19.7 Å². The number of nitro benzene ring substituents is 1. The number of aromatic nitrogens is 2. The molecule has 0 bridgehead atoms. The summed E-state index contributed by atoms with van der Waals surface area (Å²) in [6, 6.07) is 13.5. The van der Waals surface area contributed by atoms with Gasteiger partial charge in [0.15, 0.2) is 0 Å². The maximum absolute atomic E-state index is 12.4. The molecule has 9 nitrogen and oxygen atoms in total. The number of ether oxygens (including phenoxy) is 1. The van der Waals surface area contributed by atoms with Gasteiger partial charge in [-0.1, -0.05) is 23.7 Å². The van der Waals surface area contributed by atoms with Gasteiger partial charge in [-0.2, -0.15) is 5.10 Å². The Morgan fingerprint density at radius 3 is 2.59 bits per heavy atom. The number of hydrogen-bond acceptors (Lipinski definition) is 6. The fourth-order valence-electron chi connectivity index (χ4n) is 2.57. The highest BCUT2D eigenvalue weighted by Crippen LogP contribution is 2.28. The molecule has 3 rings (SSSR count). The molecule has 29 heavy (non-hydrogen) atoms. The molecule has 0 unspecified atom stereocenters. The lowest BCUT2D eigenvalue weighted by molar-refractivity contribution is -0.384. The van der Waals surface area contributed by atoms with Crippen molar-refractivity contribution in [1.82, 2.24) is 9.78 Å². The molecule has 1 aromatic heterocycles. The third kappa shape index (κ3) is 4.77. The second kappa shape index (κ2) is 8.53. The maximum Gasteiger partial charge on any atom is 0.271 e. The van der Waals surface area contributed by atoms with Crippen molar-refractivity contribution in [3.63, 3.8) is 0 Å². The monoisotopic (exact) mass is 414 g/mol. The van der Waals surface area contributed by atoms with Crippen LogP contribution in [0.5, 0.6) is 5.75 Å². The zero-order valence-electron chi connectivity index (χ0n) is 15.2. The van der Waals surface area contributed by atoms with Crippen LogP contribution in [0.15, 0.2) is 59.4 Å². The van der Waals surface area contributed by atoms with Crippen LogP contribution in [0, 0.1) is 10.1 Å². The van der Waals surface area contributed by atoms with E-state index in [-0.39, 0.29) is 23.7 Å². The fraction of sp³-hybridized carbons (Fsp3) is 0.105. The second-order valence-corrected chi connectivity index (χ2v) is 6.35. The smallest absolute Gasteiger partial charge is 0.271 e. The first kappa shape index (κ1) is 20.0. The Bertz CT molecular complexity index is 1130. The normalized spacial score (nSPS) is 10.4. The third-order valence-corrected chi connectivity index (χ3v) is 4.22. The van der Waals surface area contributed by atoms with Crippen molar-refractivity contribution >= 4 is 28.9 Å². The van der Waals surface area contributed by atoms with Crippen molar-refractivity contribution in [3.05, 3.63) is 80.1 Å². The van der Waals surface area contributed by atoms with E-state index in [1.54, 1.807) is 30.3 Å². The molecule has 0 atom stereocenters. The molecule has 0 saturated heterocycles. The summed E-state index contributed by atoms with van der Waals surface area (Å²) >= 11 is 5.88. The van der Waals surface area contributed by atoms with E-state index >= 15 is 0 Å².